The Bertz CT molecular complexity index is 935. The Morgan fingerprint density at radius 3 is 2.59 bits per heavy atom. The van der Waals surface area contributed by atoms with Crippen LogP contribution < -0.4 is 0 Å². The predicted molar refractivity (Wildman–Crippen MR) is 98.6 cm³/mol. The number of hydrogen-bond acceptors (Lipinski definition) is 5. The van der Waals surface area contributed by atoms with E-state index in [1.165, 1.54) is 41.8 Å². The molecular weight excluding hydrogens is 366 g/mol. The molecule has 2 aliphatic rings. The first-order valence-corrected chi connectivity index (χ1v) is 10.6. The van der Waals surface area contributed by atoms with Gasteiger partial charge >= 0.3 is 0 Å². The average Bonchev–Trinajstić information content (AvgIpc) is 3.33. The summed E-state index contributed by atoms with van der Waals surface area (Å²) < 4.78 is 33.1. The van der Waals surface area contributed by atoms with E-state index in [1.807, 2.05) is 0 Å². The molecule has 2 heterocycles. The third-order valence-corrected chi connectivity index (χ3v) is 7.85. The van der Waals surface area contributed by atoms with Crippen LogP contribution in [0.25, 0.3) is 0 Å². The van der Waals surface area contributed by atoms with Crippen molar-refractivity contribution in [2.24, 2.45) is 11.8 Å². The number of carbonyl (C=O) groups is 1. The maximum Gasteiger partial charge on any atom is 0.243 e. The van der Waals surface area contributed by atoms with E-state index in [4.69, 9.17) is 4.42 Å². The molecule has 0 radical (unpaired) electrons. The first kappa shape index (κ1) is 18.4. The van der Waals surface area contributed by atoms with E-state index in [2.05, 4.69) is 0 Å². The van der Waals surface area contributed by atoms with E-state index in [1.54, 1.807) is 12.1 Å². The first-order valence-electron chi connectivity index (χ1n) is 9.20. The van der Waals surface area contributed by atoms with E-state index in [0.717, 1.165) is 12.8 Å². The zero-order chi connectivity index (χ0) is 19.2. The largest absolute Gasteiger partial charge is 0.466 e. The Morgan fingerprint density at radius 1 is 1.22 bits per heavy atom. The van der Waals surface area contributed by atoms with Crippen molar-refractivity contribution in [1.29, 1.82) is 0 Å². The molecule has 1 aliphatic carbocycles. The molecule has 1 saturated carbocycles. The Morgan fingerprint density at radius 2 is 1.96 bits per heavy atom. The molecule has 2 aromatic rings. The number of carbonyl (C=O) groups excluding carboxylic acids is 1. The molecule has 1 saturated heterocycles. The average molecular weight is 389 g/mol. The molecular formula is C20H23NO5S. The number of nitrogens with zero attached hydrogens (tertiary/aromatic N) is 1. The number of furan rings is 1. The number of hydrogen-bond donors (Lipinski definition) is 1. The number of benzene rings is 1. The topological polar surface area (TPSA) is 87.8 Å². The summed E-state index contributed by atoms with van der Waals surface area (Å²) in [5.74, 6) is 0.320. The van der Waals surface area contributed by atoms with Crippen LogP contribution in [0, 0.1) is 11.8 Å². The van der Waals surface area contributed by atoms with Gasteiger partial charge in [0.15, 0.2) is 5.78 Å². The molecule has 6 nitrogen and oxygen atoms in total. The van der Waals surface area contributed by atoms with Crippen LogP contribution in [0.1, 0.15) is 42.3 Å². The number of Topliss-reactive ketones (excluding diaryl/α,β-unsaturated/α-hetero) is 1. The number of ketones is 1. The highest BCUT2D eigenvalue weighted by atomic mass is 32.2. The molecule has 3 atom stereocenters. The quantitative estimate of drug-likeness (QED) is 0.813. The number of fused-ring (bicyclic) bond motifs is 1. The molecule has 0 amide bonds. The predicted octanol–water partition coefficient (Wildman–Crippen LogP) is 2.79. The normalized spacial score (nSPS) is 28.8. The minimum absolute atomic E-state index is 0.0973. The van der Waals surface area contributed by atoms with Crippen molar-refractivity contribution < 1.29 is 22.7 Å². The van der Waals surface area contributed by atoms with Crippen molar-refractivity contribution in [3.05, 3.63) is 54.0 Å². The highest BCUT2D eigenvalue weighted by Crippen LogP contribution is 2.49. The van der Waals surface area contributed by atoms with E-state index < -0.39 is 15.6 Å². The van der Waals surface area contributed by atoms with Crippen LogP contribution >= 0.6 is 0 Å². The third kappa shape index (κ3) is 3.03. The van der Waals surface area contributed by atoms with Crippen LogP contribution in [0.15, 0.2) is 52.0 Å². The van der Waals surface area contributed by atoms with Gasteiger partial charge in [-0.25, -0.2) is 8.42 Å². The molecule has 1 aliphatic heterocycles. The lowest BCUT2D eigenvalue weighted by Crippen LogP contribution is -2.42. The minimum Gasteiger partial charge on any atom is -0.466 e. The van der Waals surface area contributed by atoms with E-state index in [9.17, 15) is 18.3 Å². The summed E-state index contributed by atoms with van der Waals surface area (Å²) in [5.41, 5.74) is -0.647. The highest BCUT2D eigenvalue weighted by molar-refractivity contribution is 7.89. The van der Waals surface area contributed by atoms with E-state index in [-0.39, 0.29) is 29.1 Å². The van der Waals surface area contributed by atoms with Crippen molar-refractivity contribution in [2.45, 2.75) is 36.7 Å². The number of rotatable bonds is 4. The summed E-state index contributed by atoms with van der Waals surface area (Å²) in [6.45, 7) is 2.10. The molecule has 2 fully saturated rings. The minimum atomic E-state index is -3.68. The zero-order valence-corrected chi connectivity index (χ0v) is 16.0. The fraction of sp³-hybridized carbons (Fsp3) is 0.450. The SMILES string of the molecule is CC(=O)c1ccc(S(=O)(=O)N2C[C@@H]3CCC[C@@](O)(c4ccco4)[C@@H]3C2)cc1. The molecule has 1 aromatic heterocycles. The molecule has 1 N–H and O–H groups in total. The second kappa shape index (κ2) is 6.58. The summed E-state index contributed by atoms with van der Waals surface area (Å²) in [6, 6.07) is 9.55. The molecule has 0 spiro atoms. The lowest BCUT2D eigenvalue weighted by molar-refractivity contribution is -0.0795. The summed E-state index contributed by atoms with van der Waals surface area (Å²) in [6.07, 6.45) is 3.84. The van der Waals surface area contributed by atoms with Gasteiger partial charge in [0.2, 0.25) is 10.0 Å². The zero-order valence-electron chi connectivity index (χ0n) is 15.2. The van der Waals surface area contributed by atoms with E-state index >= 15 is 0 Å². The summed E-state index contributed by atoms with van der Waals surface area (Å²) in [5, 5.41) is 11.3. The number of sulfonamides is 1. The van der Waals surface area contributed by atoms with Crippen LogP contribution in [0.3, 0.4) is 0 Å². The second-order valence-electron chi connectivity index (χ2n) is 7.56. The fourth-order valence-electron chi connectivity index (χ4n) is 4.52. The van der Waals surface area contributed by atoms with Gasteiger partial charge < -0.3 is 9.52 Å². The van der Waals surface area contributed by atoms with Gasteiger partial charge in [0.1, 0.15) is 11.4 Å². The van der Waals surface area contributed by atoms with Crippen molar-refractivity contribution in [3.63, 3.8) is 0 Å². The first-order chi connectivity index (χ1) is 12.8. The van der Waals surface area contributed by atoms with Gasteiger partial charge in [-0.05, 0) is 56.4 Å². The molecule has 144 valence electrons. The summed E-state index contributed by atoms with van der Waals surface area (Å²) in [4.78, 5) is 11.6. The lowest BCUT2D eigenvalue weighted by atomic mass is 9.69. The molecule has 7 heteroatoms. The van der Waals surface area contributed by atoms with Gasteiger partial charge in [-0.15, -0.1) is 0 Å². The summed E-state index contributed by atoms with van der Waals surface area (Å²) >= 11 is 0. The molecule has 1 aromatic carbocycles. The standard InChI is InChI=1S/C20H23NO5S/c1-14(22)15-6-8-17(9-7-15)27(24,25)21-12-16-4-2-10-20(23,18(16)13-21)19-5-3-11-26-19/h3,5-9,11,16,18,23H,2,4,10,12-13H2,1H3/t16-,18+,20-/m0/s1. The van der Waals surface area contributed by atoms with Crippen LogP contribution in [0.4, 0.5) is 0 Å². The Labute approximate surface area is 158 Å². The van der Waals surface area contributed by atoms with Crippen LogP contribution in [0.2, 0.25) is 0 Å². The second-order valence-corrected chi connectivity index (χ2v) is 9.50. The van der Waals surface area contributed by atoms with Gasteiger partial charge in [0, 0.05) is 24.6 Å². The monoisotopic (exact) mass is 389 g/mol. The van der Waals surface area contributed by atoms with Crippen molar-refractivity contribution in [1.82, 2.24) is 4.31 Å². The molecule has 27 heavy (non-hydrogen) atoms. The van der Waals surface area contributed by atoms with E-state index in [0.29, 0.717) is 24.3 Å². The Hall–Kier alpha value is -1.96. The number of aliphatic hydroxyl groups is 1. The third-order valence-electron chi connectivity index (χ3n) is 6.00. The molecule has 0 bridgehead atoms. The van der Waals surface area contributed by atoms with Gasteiger partial charge in [-0.1, -0.05) is 12.1 Å². The highest BCUT2D eigenvalue weighted by Gasteiger charge is 2.53. The maximum absolute atomic E-state index is 13.1. The molecule has 4 rings (SSSR count). The van der Waals surface area contributed by atoms with Crippen molar-refractivity contribution >= 4 is 15.8 Å². The fourth-order valence-corrected chi connectivity index (χ4v) is 6.04. The summed E-state index contributed by atoms with van der Waals surface area (Å²) in [7, 11) is -3.68. The van der Waals surface area contributed by atoms with Crippen molar-refractivity contribution in [3.8, 4) is 0 Å². The van der Waals surface area contributed by atoms with Gasteiger partial charge in [0.25, 0.3) is 0 Å². The van der Waals surface area contributed by atoms with Gasteiger partial charge in [-0.3, -0.25) is 4.79 Å². The van der Waals surface area contributed by atoms with Gasteiger partial charge in [-0.2, -0.15) is 4.31 Å². The van der Waals surface area contributed by atoms with Crippen LogP contribution in [-0.2, 0) is 15.6 Å². The van der Waals surface area contributed by atoms with Crippen molar-refractivity contribution in [2.75, 3.05) is 13.1 Å². The molecule has 0 unspecified atom stereocenters. The smallest absolute Gasteiger partial charge is 0.243 e. The van der Waals surface area contributed by atoms with Crippen LogP contribution in [-0.4, -0.2) is 36.7 Å². The maximum atomic E-state index is 13.1. The van der Waals surface area contributed by atoms with Crippen LogP contribution in [0.5, 0.6) is 0 Å². The Balaban J connectivity index is 1.62. The Kier molecular flexibility index (Phi) is 4.49. The lowest BCUT2D eigenvalue weighted by Gasteiger charge is -2.39. The van der Waals surface area contributed by atoms with Gasteiger partial charge in [0.05, 0.1) is 11.2 Å².